The van der Waals surface area contributed by atoms with E-state index in [0.717, 1.165) is 51.3 Å². The second-order valence-electron chi connectivity index (χ2n) is 7.80. The summed E-state index contributed by atoms with van der Waals surface area (Å²) in [6.45, 7) is 9.37. The highest BCUT2D eigenvalue weighted by Crippen LogP contribution is 2.28. The first-order chi connectivity index (χ1) is 15.5. The molecule has 2 aromatic carbocycles. The van der Waals surface area contributed by atoms with E-state index in [1.54, 1.807) is 30.3 Å². The van der Waals surface area contributed by atoms with Crippen LogP contribution in [0.1, 0.15) is 37.0 Å². The van der Waals surface area contributed by atoms with Crippen LogP contribution in [-0.4, -0.2) is 56.1 Å². The first-order valence-corrected chi connectivity index (χ1v) is 11.6. The van der Waals surface area contributed by atoms with Crippen LogP contribution in [0.4, 0.5) is 21.9 Å². The van der Waals surface area contributed by atoms with E-state index in [9.17, 15) is 9.59 Å². The molecule has 3 N–H and O–H groups in total. The van der Waals surface area contributed by atoms with Crippen molar-refractivity contribution in [2.24, 2.45) is 0 Å². The SMILES string of the molecule is CCN(CC)CCNC(=O)c1cc(NC(=O)Nc2cccc(Cl)c2)ccc1N1CCCC1. The second kappa shape index (κ2) is 11.7. The first-order valence-electron chi connectivity index (χ1n) is 11.2. The maximum Gasteiger partial charge on any atom is 0.323 e. The lowest BCUT2D eigenvalue weighted by molar-refractivity contribution is 0.0949. The topological polar surface area (TPSA) is 76.7 Å². The summed E-state index contributed by atoms with van der Waals surface area (Å²) in [6, 6.07) is 12.0. The molecule has 8 heteroatoms. The van der Waals surface area contributed by atoms with Crippen molar-refractivity contribution in [2.75, 3.05) is 54.8 Å². The highest BCUT2D eigenvalue weighted by Gasteiger charge is 2.20. The highest BCUT2D eigenvalue weighted by molar-refractivity contribution is 6.30. The van der Waals surface area contributed by atoms with Gasteiger partial charge in [0.05, 0.1) is 5.56 Å². The Kier molecular flexibility index (Phi) is 8.76. The van der Waals surface area contributed by atoms with Crippen molar-refractivity contribution in [2.45, 2.75) is 26.7 Å². The van der Waals surface area contributed by atoms with Gasteiger partial charge in [-0.05, 0) is 62.3 Å². The van der Waals surface area contributed by atoms with Crippen molar-refractivity contribution in [1.82, 2.24) is 10.2 Å². The summed E-state index contributed by atoms with van der Waals surface area (Å²) in [6.07, 6.45) is 2.23. The van der Waals surface area contributed by atoms with Gasteiger partial charge in [-0.1, -0.05) is 31.5 Å². The Hall–Kier alpha value is -2.77. The van der Waals surface area contributed by atoms with Crippen LogP contribution >= 0.6 is 11.6 Å². The molecule has 7 nitrogen and oxygen atoms in total. The molecule has 3 rings (SSSR count). The molecule has 0 atom stereocenters. The lowest BCUT2D eigenvalue weighted by atomic mass is 10.1. The molecule has 32 heavy (non-hydrogen) atoms. The van der Waals surface area contributed by atoms with Crippen molar-refractivity contribution in [3.05, 3.63) is 53.1 Å². The average Bonchev–Trinajstić information content (AvgIpc) is 3.31. The van der Waals surface area contributed by atoms with E-state index >= 15 is 0 Å². The number of anilines is 3. The lowest BCUT2D eigenvalue weighted by Gasteiger charge is -2.23. The Balaban J connectivity index is 1.72. The normalized spacial score (nSPS) is 13.3. The number of hydrogen-bond donors (Lipinski definition) is 3. The largest absolute Gasteiger partial charge is 0.371 e. The molecule has 0 spiro atoms. The molecule has 2 aromatic rings. The number of rotatable bonds is 9. The molecular weight excluding hydrogens is 426 g/mol. The standard InChI is InChI=1S/C24H32ClN5O2/c1-3-29(4-2)15-12-26-23(31)21-17-20(10-11-22(21)30-13-5-6-14-30)28-24(32)27-19-9-7-8-18(25)16-19/h7-11,16-17H,3-6,12-15H2,1-2H3,(H,26,31)(H2,27,28,32). The van der Waals surface area contributed by atoms with E-state index < -0.39 is 6.03 Å². The van der Waals surface area contributed by atoms with E-state index in [1.165, 1.54) is 0 Å². The van der Waals surface area contributed by atoms with Crippen LogP contribution < -0.4 is 20.9 Å². The molecule has 1 fully saturated rings. The van der Waals surface area contributed by atoms with Gasteiger partial charge in [0.15, 0.2) is 0 Å². The van der Waals surface area contributed by atoms with E-state index in [2.05, 4.69) is 39.6 Å². The smallest absolute Gasteiger partial charge is 0.323 e. The molecule has 0 saturated carbocycles. The summed E-state index contributed by atoms with van der Waals surface area (Å²) in [7, 11) is 0. The number of halogens is 1. The van der Waals surface area contributed by atoms with Crippen molar-refractivity contribution in [1.29, 1.82) is 0 Å². The zero-order chi connectivity index (χ0) is 22.9. The van der Waals surface area contributed by atoms with Crippen molar-refractivity contribution in [3.8, 4) is 0 Å². The quantitative estimate of drug-likeness (QED) is 0.512. The molecule has 0 radical (unpaired) electrons. The number of carbonyl (C=O) groups is 2. The number of likely N-dealkylation sites (N-methyl/N-ethyl adjacent to an activating group) is 1. The van der Waals surface area contributed by atoms with Gasteiger partial charge < -0.3 is 25.8 Å². The summed E-state index contributed by atoms with van der Waals surface area (Å²) in [5.74, 6) is -0.127. The summed E-state index contributed by atoms with van der Waals surface area (Å²) in [5.41, 5.74) is 2.63. The third-order valence-corrected chi connectivity index (χ3v) is 5.87. The third kappa shape index (κ3) is 6.61. The Bertz CT molecular complexity index is 926. The first kappa shape index (κ1) is 23.9. The predicted molar refractivity (Wildman–Crippen MR) is 132 cm³/mol. The van der Waals surface area contributed by atoms with Crippen LogP contribution in [0.5, 0.6) is 0 Å². The second-order valence-corrected chi connectivity index (χ2v) is 8.23. The van der Waals surface area contributed by atoms with Gasteiger partial charge >= 0.3 is 6.03 Å². The maximum absolute atomic E-state index is 13.0. The minimum absolute atomic E-state index is 0.127. The molecule has 1 heterocycles. The Morgan fingerprint density at radius 3 is 2.34 bits per heavy atom. The van der Waals surface area contributed by atoms with E-state index in [-0.39, 0.29) is 5.91 Å². The van der Waals surface area contributed by atoms with Gasteiger partial charge in [0.25, 0.3) is 5.91 Å². The molecule has 3 amide bonds. The number of nitrogens with one attached hydrogen (secondary N) is 3. The van der Waals surface area contributed by atoms with Crippen LogP contribution in [0.2, 0.25) is 5.02 Å². The van der Waals surface area contributed by atoms with Crippen LogP contribution in [0.25, 0.3) is 0 Å². The van der Waals surface area contributed by atoms with Gasteiger partial charge in [-0.25, -0.2) is 4.79 Å². The molecule has 0 aliphatic carbocycles. The summed E-state index contributed by atoms with van der Waals surface area (Å²) >= 11 is 5.98. The maximum atomic E-state index is 13.0. The minimum atomic E-state index is -0.394. The number of urea groups is 1. The van der Waals surface area contributed by atoms with Crippen LogP contribution in [0.3, 0.4) is 0 Å². The molecular formula is C24H32ClN5O2. The van der Waals surface area contributed by atoms with E-state index in [0.29, 0.717) is 28.5 Å². The third-order valence-electron chi connectivity index (χ3n) is 5.64. The van der Waals surface area contributed by atoms with Crippen molar-refractivity contribution < 1.29 is 9.59 Å². The lowest BCUT2D eigenvalue weighted by Crippen LogP contribution is -2.35. The molecule has 1 aliphatic rings. The zero-order valence-electron chi connectivity index (χ0n) is 18.8. The fourth-order valence-electron chi connectivity index (χ4n) is 3.85. The van der Waals surface area contributed by atoms with Crippen molar-refractivity contribution in [3.63, 3.8) is 0 Å². The molecule has 1 aliphatic heterocycles. The highest BCUT2D eigenvalue weighted by atomic mass is 35.5. The number of hydrogen-bond acceptors (Lipinski definition) is 4. The van der Waals surface area contributed by atoms with Crippen LogP contribution in [-0.2, 0) is 0 Å². The number of nitrogens with zero attached hydrogens (tertiary/aromatic N) is 2. The fraction of sp³-hybridized carbons (Fsp3) is 0.417. The summed E-state index contributed by atoms with van der Waals surface area (Å²) < 4.78 is 0. The Morgan fingerprint density at radius 2 is 1.69 bits per heavy atom. The number of amides is 3. The average molecular weight is 458 g/mol. The van der Waals surface area contributed by atoms with Gasteiger partial charge in [0.2, 0.25) is 0 Å². The van der Waals surface area contributed by atoms with Gasteiger partial charge in [-0.15, -0.1) is 0 Å². The Morgan fingerprint density at radius 1 is 1.00 bits per heavy atom. The predicted octanol–water partition coefficient (Wildman–Crippen LogP) is 4.66. The molecule has 0 aromatic heterocycles. The zero-order valence-corrected chi connectivity index (χ0v) is 19.5. The molecule has 1 saturated heterocycles. The minimum Gasteiger partial charge on any atom is -0.371 e. The monoisotopic (exact) mass is 457 g/mol. The van der Waals surface area contributed by atoms with Gasteiger partial charge in [0, 0.05) is 48.3 Å². The number of benzene rings is 2. The summed E-state index contributed by atoms with van der Waals surface area (Å²) in [4.78, 5) is 30.0. The van der Waals surface area contributed by atoms with Gasteiger partial charge in [0.1, 0.15) is 0 Å². The van der Waals surface area contributed by atoms with E-state index in [4.69, 9.17) is 11.6 Å². The Labute approximate surface area is 195 Å². The number of carbonyl (C=O) groups excluding carboxylic acids is 2. The molecule has 172 valence electrons. The molecule has 0 bridgehead atoms. The van der Waals surface area contributed by atoms with Crippen molar-refractivity contribution >= 4 is 40.6 Å². The van der Waals surface area contributed by atoms with Gasteiger partial charge in [-0.2, -0.15) is 0 Å². The summed E-state index contributed by atoms with van der Waals surface area (Å²) in [5, 5.41) is 9.16. The van der Waals surface area contributed by atoms with E-state index in [1.807, 2.05) is 12.1 Å². The van der Waals surface area contributed by atoms with Crippen LogP contribution in [0, 0.1) is 0 Å². The van der Waals surface area contributed by atoms with Crippen LogP contribution in [0.15, 0.2) is 42.5 Å². The molecule has 0 unspecified atom stereocenters. The fourth-order valence-corrected chi connectivity index (χ4v) is 4.04. The van der Waals surface area contributed by atoms with Gasteiger partial charge in [-0.3, -0.25) is 4.79 Å².